The molecule has 2 aromatic heterocycles. The second-order valence-corrected chi connectivity index (χ2v) is 6.45. The number of hydrogen-bond acceptors (Lipinski definition) is 5. The summed E-state index contributed by atoms with van der Waals surface area (Å²) in [6.45, 7) is 2.44. The number of nitrogens with zero attached hydrogens (tertiary/aromatic N) is 2. The predicted octanol–water partition coefficient (Wildman–Crippen LogP) is 3.12. The van der Waals surface area contributed by atoms with Crippen molar-refractivity contribution in [3.8, 4) is 0 Å². The summed E-state index contributed by atoms with van der Waals surface area (Å²) in [6, 6.07) is 11.5. The zero-order chi connectivity index (χ0) is 16.2. The number of methoxy groups -OCH3 is 1. The molecule has 6 heteroatoms. The third kappa shape index (κ3) is 3.55. The molecule has 3 aromatic rings. The minimum Gasteiger partial charge on any atom is -0.374 e. The Bertz CT molecular complexity index is 831. The van der Waals surface area contributed by atoms with Crippen molar-refractivity contribution in [1.29, 1.82) is 0 Å². The molecule has 0 saturated carbocycles. The van der Waals surface area contributed by atoms with E-state index in [1.54, 1.807) is 18.4 Å². The molecule has 1 N–H and O–H groups in total. The number of carbonyl (C=O) groups excluding carboxylic acids is 1. The summed E-state index contributed by atoms with van der Waals surface area (Å²) in [4.78, 5) is 23.2. The molecule has 23 heavy (non-hydrogen) atoms. The average molecular weight is 327 g/mol. The van der Waals surface area contributed by atoms with Crippen LogP contribution in [-0.4, -0.2) is 29.5 Å². The van der Waals surface area contributed by atoms with Crippen molar-refractivity contribution in [3.63, 3.8) is 0 Å². The maximum absolute atomic E-state index is 12.3. The van der Waals surface area contributed by atoms with E-state index in [0.29, 0.717) is 17.8 Å². The molecule has 0 aliphatic carbocycles. The van der Waals surface area contributed by atoms with Crippen molar-refractivity contribution in [2.45, 2.75) is 13.0 Å². The number of rotatable bonds is 5. The van der Waals surface area contributed by atoms with Crippen molar-refractivity contribution in [1.82, 2.24) is 15.3 Å². The zero-order valence-corrected chi connectivity index (χ0v) is 13.8. The molecule has 1 unspecified atom stereocenters. The van der Waals surface area contributed by atoms with Gasteiger partial charge in [0.05, 0.1) is 17.2 Å². The van der Waals surface area contributed by atoms with Crippen molar-refractivity contribution < 1.29 is 9.53 Å². The first-order valence-corrected chi connectivity index (χ1v) is 8.08. The lowest BCUT2D eigenvalue weighted by Crippen LogP contribution is -2.29. The Morgan fingerprint density at radius 1 is 1.26 bits per heavy atom. The molecule has 0 saturated heterocycles. The van der Waals surface area contributed by atoms with Gasteiger partial charge in [-0.15, -0.1) is 11.3 Å². The van der Waals surface area contributed by atoms with Crippen LogP contribution in [0.4, 0.5) is 0 Å². The molecule has 0 aliphatic heterocycles. The normalized spacial score (nSPS) is 12.3. The Kier molecular flexibility index (Phi) is 4.64. The zero-order valence-electron chi connectivity index (χ0n) is 12.9. The standard InChI is InChI=1S/C17H17N3O2S/c1-11-7-8-16(23-11)15(22-2)10-19-17(21)14-9-18-12-5-3-4-6-13(12)20-14/h3-9,15H,10H2,1-2H3,(H,19,21). The molecule has 118 valence electrons. The van der Waals surface area contributed by atoms with Gasteiger partial charge in [0.25, 0.3) is 5.91 Å². The molecule has 0 radical (unpaired) electrons. The smallest absolute Gasteiger partial charge is 0.271 e. The molecule has 1 atom stereocenters. The van der Waals surface area contributed by atoms with Crippen molar-refractivity contribution in [3.05, 3.63) is 58.0 Å². The third-order valence-corrected chi connectivity index (χ3v) is 4.58. The van der Waals surface area contributed by atoms with Crippen LogP contribution in [0.1, 0.15) is 26.3 Å². The average Bonchev–Trinajstić information content (AvgIpc) is 3.01. The van der Waals surface area contributed by atoms with Gasteiger partial charge in [0, 0.05) is 23.4 Å². The highest BCUT2D eigenvalue weighted by Gasteiger charge is 2.15. The summed E-state index contributed by atoms with van der Waals surface area (Å²) in [5.41, 5.74) is 1.78. The highest BCUT2D eigenvalue weighted by Crippen LogP contribution is 2.24. The molecule has 5 nitrogen and oxygen atoms in total. The van der Waals surface area contributed by atoms with Crippen LogP contribution < -0.4 is 5.32 Å². The Balaban J connectivity index is 1.70. The number of hydrogen-bond donors (Lipinski definition) is 1. The molecule has 0 fully saturated rings. The van der Waals surface area contributed by atoms with Gasteiger partial charge in [-0.1, -0.05) is 12.1 Å². The van der Waals surface area contributed by atoms with E-state index in [0.717, 1.165) is 10.4 Å². The summed E-state index contributed by atoms with van der Waals surface area (Å²) >= 11 is 1.67. The number of ether oxygens (including phenoxy) is 1. The lowest BCUT2D eigenvalue weighted by Gasteiger charge is -2.14. The SMILES string of the molecule is COC(CNC(=O)c1cnc2ccccc2n1)c1ccc(C)s1. The number of para-hydroxylation sites is 2. The van der Waals surface area contributed by atoms with E-state index in [4.69, 9.17) is 4.74 Å². The number of benzene rings is 1. The number of fused-ring (bicyclic) bond motifs is 1. The third-order valence-electron chi connectivity index (χ3n) is 3.49. The van der Waals surface area contributed by atoms with E-state index in [-0.39, 0.29) is 12.0 Å². The van der Waals surface area contributed by atoms with Gasteiger partial charge in [-0.2, -0.15) is 0 Å². The Hall–Kier alpha value is -2.31. The van der Waals surface area contributed by atoms with Gasteiger partial charge in [0.15, 0.2) is 0 Å². The number of aryl methyl sites for hydroxylation is 1. The minimum absolute atomic E-state index is 0.161. The van der Waals surface area contributed by atoms with E-state index >= 15 is 0 Å². The van der Waals surface area contributed by atoms with E-state index in [2.05, 4.69) is 15.3 Å². The Morgan fingerprint density at radius 2 is 2.04 bits per heavy atom. The van der Waals surface area contributed by atoms with E-state index in [1.807, 2.05) is 43.3 Å². The molecule has 3 rings (SSSR count). The fourth-order valence-corrected chi connectivity index (χ4v) is 3.22. The largest absolute Gasteiger partial charge is 0.374 e. The first-order chi connectivity index (χ1) is 11.2. The summed E-state index contributed by atoms with van der Waals surface area (Å²) in [5.74, 6) is -0.251. The summed E-state index contributed by atoms with van der Waals surface area (Å²) < 4.78 is 5.47. The fourth-order valence-electron chi connectivity index (χ4n) is 2.27. The van der Waals surface area contributed by atoms with Crippen LogP contribution in [0.3, 0.4) is 0 Å². The molecule has 1 amide bonds. The van der Waals surface area contributed by atoms with Crippen LogP contribution >= 0.6 is 11.3 Å². The topological polar surface area (TPSA) is 64.1 Å². The van der Waals surface area contributed by atoms with Crippen LogP contribution in [-0.2, 0) is 4.74 Å². The lowest BCUT2D eigenvalue weighted by atomic mass is 10.2. The predicted molar refractivity (Wildman–Crippen MR) is 90.7 cm³/mol. The van der Waals surface area contributed by atoms with Crippen molar-refractivity contribution in [2.24, 2.45) is 0 Å². The molecule has 0 bridgehead atoms. The molecule has 0 aliphatic rings. The van der Waals surface area contributed by atoms with Gasteiger partial charge in [-0.3, -0.25) is 9.78 Å². The van der Waals surface area contributed by atoms with Crippen molar-refractivity contribution in [2.75, 3.05) is 13.7 Å². The first kappa shape index (κ1) is 15.6. The van der Waals surface area contributed by atoms with Crippen LogP contribution in [0.5, 0.6) is 0 Å². The second kappa shape index (κ2) is 6.85. The van der Waals surface area contributed by atoms with Crippen LogP contribution in [0.15, 0.2) is 42.6 Å². The lowest BCUT2D eigenvalue weighted by molar-refractivity contribution is 0.0834. The van der Waals surface area contributed by atoms with Gasteiger partial charge in [0.2, 0.25) is 0 Å². The fraction of sp³-hybridized carbons (Fsp3) is 0.235. The first-order valence-electron chi connectivity index (χ1n) is 7.26. The number of nitrogens with one attached hydrogen (secondary N) is 1. The van der Waals surface area contributed by atoms with Gasteiger partial charge in [-0.05, 0) is 31.2 Å². The number of thiophene rings is 1. The van der Waals surface area contributed by atoms with Crippen molar-refractivity contribution >= 4 is 28.3 Å². The number of aromatic nitrogens is 2. The summed E-state index contributed by atoms with van der Waals surface area (Å²) in [7, 11) is 1.64. The molecule has 2 heterocycles. The molecular formula is C17H17N3O2S. The Labute approximate surface area is 138 Å². The Morgan fingerprint density at radius 3 is 2.74 bits per heavy atom. The van der Waals surface area contributed by atoms with Gasteiger partial charge in [0.1, 0.15) is 11.8 Å². The minimum atomic E-state index is -0.251. The highest BCUT2D eigenvalue weighted by atomic mass is 32.1. The van der Waals surface area contributed by atoms with Crippen LogP contribution in [0, 0.1) is 6.92 Å². The highest BCUT2D eigenvalue weighted by molar-refractivity contribution is 7.12. The maximum Gasteiger partial charge on any atom is 0.271 e. The van der Waals surface area contributed by atoms with E-state index < -0.39 is 0 Å². The monoisotopic (exact) mass is 327 g/mol. The van der Waals surface area contributed by atoms with Gasteiger partial charge >= 0.3 is 0 Å². The molecule has 0 spiro atoms. The number of carbonyl (C=O) groups is 1. The number of amides is 1. The molecule has 1 aromatic carbocycles. The summed E-state index contributed by atoms with van der Waals surface area (Å²) in [6.07, 6.45) is 1.33. The van der Waals surface area contributed by atoms with E-state index in [9.17, 15) is 4.79 Å². The second-order valence-electron chi connectivity index (χ2n) is 5.13. The quantitative estimate of drug-likeness (QED) is 0.782. The van der Waals surface area contributed by atoms with Crippen LogP contribution in [0.25, 0.3) is 11.0 Å². The molecular weight excluding hydrogens is 310 g/mol. The van der Waals surface area contributed by atoms with Gasteiger partial charge < -0.3 is 10.1 Å². The summed E-state index contributed by atoms with van der Waals surface area (Å²) in [5, 5.41) is 2.86. The van der Waals surface area contributed by atoms with Gasteiger partial charge in [-0.25, -0.2) is 4.98 Å². The van der Waals surface area contributed by atoms with Crippen LogP contribution in [0.2, 0.25) is 0 Å². The maximum atomic E-state index is 12.3. The van der Waals surface area contributed by atoms with E-state index in [1.165, 1.54) is 11.1 Å².